The number of hydrogen-bond acceptors (Lipinski definition) is 1. The molecule has 2 nitrogen and oxygen atoms in total. The van der Waals surface area contributed by atoms with Crippen LogP contribution in [-0.2, 0) is 6.54 Å². The molecule has 2 aromatic carbocycles. The van der Waals surface area contributed by atoms with Gasteiger partial charge in [-0.25, -0.2) is 0 Å². The van der Waals surface area contributed by atoms with Gasteiger partial charge in [-0.3, -0.25) is 0 Å². The molecule has 0 radical (unpaired) electrons. The summed E-state index contributed by atoms with van der Waals surface area (Å²) in [5.74, 6) is 0. The summed E-state index contributed by atoms with van der Waals surface area (Å²) in [5.41, 5.74) is 2.63. The largest absolute Gasteiger partial charge is 1.00 e. The Balaban J connectivity index is 0.00000192. The third kappa shape index (κ3) is 5.83. The van der Waals surface area contributed by atoms with Crippen LogP contribution in [0.5, 0.6) is 0 Å². The second-order valence-electron chi connectivity index (χ2n) is 6.11. The molecule has 1 saturated heterocycles. The average molecular weight is 300 g/mol. The minimum Gasteiger partial charge on any atom is -0.651 e. The molecule has 0 amide bonds. The van der Waals surface area contributed by atoms with Gasteiger partial charge in [-0.15, -0.1) is 6.54 Å². The maximum atomic E-state index is 5.02. The van der Waals surface area contributed by atoms with Gasteiger partial charge in [-0.1, -0.05) is 84.3 Å². The molecule has 23 heavy (non-hydrogen) atoms. The number of benzene rings is 2. The summed E-state index contributed by atoms with van der Waals surface area (Å²) in [6.45, 7) is 4.31. The van der Waals surface area contributed by atoms with Crippen molar-refractivity contribution in [2.45, 2.75) is 31.8 Å². The Morgan fingerprint density at radius 3 is 2.09 bits per heavy atom. The fourth-order valence-corrected chi connectivity index (χ4v) is 3.13. The summed E-state index contributed by atoms with van der Waals surface area (Å²) >= 11 is 0. The Morgan fingerprint density at radius 1 is 0.826 bits per heavy atom. The smallest absolute Gasteiger partial charge is 0.651 e. The summed E-state index contributed by atoms with van der Waals surface area (Å²) in [7, 11) is 0. The van der Waals surface area contributed by atoms with Crippen LogP contribution in [-0.4, -0.2) is 24.5 Å². The third-order valence-electron chi connectivity index (χ3n) is 4.40. The molecule has 1 fully saturated rings. The summed E-state index contributed by atoms with van der Waals surface area (Å²) < 4.78 is 0. The summed E-state index contributed by atoms with van der Waals surface area (Å²) in [6, 6.07) is 21.6. The van der Waals surface area contributed by atoms with E-state index in [4.69, 9.17) is 5.32 Å². The molecule has 0 spiro atoms. The first-order chi connectivity index (χ1) is 10.9. The molecule has 0 aliphatic carbocycles. The van der Waals surface area contributed by atoms with E-state index in [-0.39, 0.29) is 24.9 Å². The molecular weight excluding hydrogens is 275 g/mol. The maximum absolute atomic E-state index is 5.02. The number of piperidine rings is 1. The average Bonchev–Trinajstić information content (AvgIpc) is 2.61. The molecule has 0 unspecified atom stereocenters. The Morgan fingerprint density at radius 2 is 1.43 bits per heavy atom. The van der Waals surface area contributed by atoms with Gasteiger partial charge >= 0.3 is 18.9 Å². The number of rotatable bonds is 6. The number of hydrogen-bond donors (Lipinski definition) is 0. The van der Waals surface area contributed by atoms with Gasteiger partial charge in [0.05, 0.1) is 0 Å². The monoisotopic (exact) mass is 300 g/mol. The first kappa shape index (κ1) is 18.3. The quantitative estimate of drug-likeness (QED) is 0.744. The summed E-state index contributed by atoms with van der Waals surface area (Å²) in [5, 5.41) is 5.02. The van der Waals surface area contributed by atoms with Crippen molar-refractivity contribution in [1.82, 2.24) is 4.90 Å². The van der Waals surface area contributed by atoms with E-state index in [1.165, 1.54) is 43.5 Å². The molecule has 1 atom stereocenters. The Hall–Kier alpha value is -1.04. The Bertz CT molecular complexity index is 538. The molecule has 2 aromatic rings. The van der Waals surface area contributed by atoms with Crippen molar-refractivity contribution in [3.05, 3.63) is 77.1 Å². The third-order valence-corrected chi connectivity index (χ3v) is 4.40. The van der Waals surface area contributed by atoms with Gasteiger partial charge in [0.25, 0.3) is 0 Å². The van der Waals surface area contributed by atoms with E-state index in [2.05, 4.69) is 65.6 Å². The normalized spacial score (nSPS) is 16.5. The first-order valence-corrected chi connectivity index (χ1v) is 8.39. The topological polar surface area (TPSA) is 17.3 Å². The predicted molar refractivity (Wildman–Crippen MR) is 93.0 cm³/mol. The van der Waals surface area contributed by atoms with Gasteiger partial charge in [0.1, 0.15) is 0 Å². The van der Waals surface area contributed by atoms with Gasteiger partial charge in [0.2, 0.25) is 0 Å². The van der Waals surface area contributed by atoms with E-state index in [0.717, 1.165) is 13.1 Å². The van der Waals surface area contributed by atoms with Crippen LogP contribution in [0.25, 0.3) is 5.32 Å². The molecule has 1 aliphatic heterocycles. The van der Waals surface area contributed by atoms with Crippen LogP contribution < -0.4 is 18.9 Å². The zero-order valence-electron chi connectivity index (χ0n) is 14.2. The van der Waals surface area contributed by atoms with Crippen molar-refractivity contribution in [2.75, 3.05) is 19.6 Å². The van der Waals surface area contributed by atoms with Crippen molar-refractivity contribution in [3.8, 4) is 0 Å². The standard InChI is InChI=1S/C20H25N2.Li/c1-4-10-18(11-5-1)16-21-20(19-12-6-2-7-13-19)17-22-14-8-3-9-15-22;/h1-2,4-7,10-13,20H,3,8-9,14-17H2;/q-1;+1/t20-;/m1./s1. The second kappa shape index (κ2) is 9.95. The predicted octanol–water partition coefficient (Wildman–Crippen LogP) is 1.79. The fourth-order valence-electron chi connectivity index (χ4n) is 3.13. The van der Waals surface area contributed by atoms with Crippen LogP contribution in [0, 0.1) is 0 Å². The first-order valence-electron chi connectivity index (χ1n) is 8.39. The van der Waals surface area contributed by atoms with Crippen LogP contribution in [0.1, 0.15) is 36.4 Å². The van der Waals surface area contributed by atoms with Crippen molar-refractivity contribution in [1.29, 1.82) is 0 Å². The Kier molecular flexibility index (Phi) is 7.92. The Labute approximate surface area is 152 Å². The maximum Gasteiger partial charge on any atom is 1.00 e. The molecule has 1 aliphatic rings. The number of likely N-dealkylation sites (tertiary alicyclic amines) is 1. The van der Waals surface area contributed by atoms with Crippen molar-refractivity contribution >= 4 is 0 Å². The van der Waals surface area contributed by atoms with Crippen LogP contribution in [0.2, 0.25) is 0 Å². The van der Waals surface area contributed by atoms with Crippen molar-refractivity contribution in [3.63, 3.8) is 0 Å². The van der Waals surface area contributed by atoms with Crippen LogP contribution in [0.15, 0.2) is 60.7 Å². The van der Waals surface area contributed by atoms with Gasteiger partial charge < -0.3 is 10.2 Å². The second-order valence-corrected chi connectivity index (χ2v) is 6.11. The van der Waals surface area contributed by atoms with Crippen LogP contribution in [0.4, 0.5) is 0 Å². The van der Waals surface area contributed by atoms with Gasteiger partial charge in [0.15, 0.2) is 0 Å². The zero-order chi connectivity index (χ0) is 15.0. The van der Waals surface area contributed by atoms with Crippen molar-refractivity contribution in [2.24, 2.45) is 0 Å². The molecule has 1 heterocycles. The summed E-state index contributed by atoms with van der Waals surface area (Å²) in [4.78, 5) is 2.58. The van der Waals surface area contributed by atoms with Crippen molar-refractivity contribution < 1.29 is 18.9 Å². The van der Waals surface area contributed by atoms with Crippen LogP contribution >= 0.6 is 0 Å². The number of nitrogens with zero attached hydrogens (tertiary/aromatic N) is 2. The minimum absolute atomic E-state index is 0. The molecule has 116 valence electrons. The molecule has 0 saturated carbocycles. The SMILES string of the molecule is [Li+].c1ccc(C[N-][C@H](CN2CCCCC2)c2ccccc2)cc1. The molecule has 3 heteroatoms. The van der Waals surface area contributed by atoms with E-state index >= 15 is 0 Å². The van der Waals surface area contributed by atoms with E-state index in [9.17, 15) is 0 Å². The van der Waals surface area contributed by atoms with E-state index < -0.39 is 0 Å². The summed E-state index contributed by atoms with van der Waals surface area (Å²) in [6.07, 6.45) is 4.05. The van der Waals surface area contributed by atoms with Gasteiger partial charge in [0, 0.05) is 0 Å². The molecule has 3 rings (SSSR count). The van der Waals surface area contributed by atoms with Gasteiger partial charge in [-0.2, -0.15) is 0 Å². The van der Waals surface area contributed by atoms with E-state index in [0.29, 0.717) is 0 Å². The molecule has 0 aromatic heterocycles. The van der Waals surface area contributed by atoms with Gasteiger partial charge in [-0.05, 0) is 32.5 Å². The van der Waals surface area contributed by atoms with E-state index in [1.807, 2.05) is 0 Å². The minimum atomic E-state index is 0. The van der Waals surface area contributed by atoms with Crippen LogP contribution in [0.3, 0.4) is 0 Å². The van der Waals surface area contributed by atoms with E-state index in [1.54, 1.807) is 0 Å². The zero-order valence-corrected chi connectivity index (χ0v) is 14.2. The molecular formula is C20H25LiN2. The molecule has 0 N–H and O–H groups in total. The fraction of sp³-hybridized carbons (Fsp3) is 0.400. The molecule has 0 bridgehead atoms.